The molecule has 3 aromatic rings. The zero-order valence-corrected chi connectivity index (χ0v) is 19.6. The van der Waals surface area contributed by atoms with Gasteiger partial charge in [-0.1, -0.05) is 30.3 Å². The van der Waals surface area contributed by atoms with Gasteiger partial charge in [-0.15, -0.1) is 8.78 Å². The average Bonchev–Trinajstić information content (AvgIpc) is 3.21. The van der Waals surface area contributed by atoms with E-state index >= 15 is 0 Å². The van der Waals surface area contributed by atoms with E-state index in [2.05, 4.69) is 24.7 Å². The predicted molar refractivity (Wildman–Crippen MR) is 128 cm³/mol. The summed E-state index contributed by atoms with van der Waals surface area (Å²) in [6.07, 6.45) is -0.630. The first-order valence-corrected chi connectivity index (χ1v) is 12.0. The van der Waals surface area contributed by atoms with E-state index in [1.54, 1.807) is 24.4 Å². The molecule has 9 heteroatoms. The Balaban J connectivity index is 1.20. The first kappa shape index (κ1) is 24.0. The second-order valence-corrected chi connectivity index (χ2v) is 8.85. The SMILES string of the molecule is O=C(N[C@H](c1ccc2c(c1)OC(F)(F)O2)c1ccccn1)C1CCN(CCOc2ccccc2)CC1. The summed E-state index contributed by atoms with van der Waals surface area (Å²) in [4.78, 5) is 19.9. The van der Waals surface area contributed by atoms with Gasteiger partial charge < -0.3 is 19.5 Å². The van der Waals surface area contributed by atoms with Crippen LogP contribution in [0.2, 0.25) is 0 Å². The normalized spacial score (nSPS) is 17.9. The Hall–Kier alpha value is -3.72. The van der Waals surface area contributed by atoms with E-state index in [0.29, 0.717) is 17.9 Å². The monoisotopic (exact) mass is 495 g/mol. The van der Waals surface area contributed by atoms with Gasteiger partial charge in [0.1, 0.15) is 12.4 Å². The Morgan fingerprint density at radius 3 is 2.56 bits per heavy atom. The average molecular weight is 496 g/mol. The molecule has 188 valence electrons. The second kappa shape index (κ2) is 10.5. The number of amides is 1. The summed E-state index contributed by atoms with van der Waals surface area (Å²) in [6, 6.07) is 19.0. The zero-order chi connectivity index (χ0) is 25.0. The molecule has 0 spiro atoms. The largest absolute Gasteiger partial charge is 0.586 e. The van der Waals surface area contributed by atoms with Gasteiger partial charge >= 0.3 is 6.29 Å². The van der Waals surface area contributed by atoms with E-state index < -0.39 is 12.3 Å². The number of benzene rings is 2. The molecule has 5 rings (SSSR count). The number of alkyl halides is 2. The Morgan fingerprint density at radius 1 is 1.06 bits per heavy atom. The van der Waals surface area contributed by atoms with E-state index in [1.807, 2.05) is 36.4 Å². The van der Waals surface area contributed by atoms with Gasteiger partial charge in [-0.25, -0.2) is 0 Å². The lowest BCUT2D eigenvalue weighted by molar-refractivity contribution is -0.286. The Labute approximate surface area is 208 Å². The van der Waals surface area contributed by atoms with E-state index in [9.17, 15) is 13.6 Å². The van der Waals surface area contributed by atoms with Gasteiger partial charge in [-0.3, -0.25) is 14.7 Å². The Bertz CT molecular complexity index is 1170. The maximum atomic E-state index is 13.5. The summed E-state index contributed by atoms with van der Waals surface area (Å²) in [5, 5.41) is 3.08. The molecule has 0 saturated carbocycles. The number of hydrogen-bond donors (Lipinski definition) is 1. The summed E-state index contributed by atoms with van der Waals surface area (Å²) >= 11 is 0. The first-order valence-electron chi connectivity index (χ1n) is 12.0. The second-order valence-electron chi connectivity index (χ2n) is 8.85. The number of carbonyl (C=O) groups is 1. The predicted octanol–water partition coefficient (Wildman–Crippen LogP) is 4.40. The molecule has 1 atom stereocenters. The molecule has 7 nitrogen and oxygen atoms in total. The van der Waals surface area contributed by atoms with Crippen molar-refractivity contribution in [2.75, 3.05) is 26.2 Å². The van der Waals surface area contributed by atoms with Crippen molar-refractivity contribution < 1.29 is 27.8 Å². The Kier molecular flexibility index (Phi) is 6.99. The number of halogens is 2. The van der Waals surface area contributed by atoms with E-state index in [4.69, 9.17) is 4.74 Å². The minimum absolute atomic E-state index is 0.0431. The van der Waals surface area contributed by atoms with E-state index in [1.165, 1.54) is 12.1 Å². The number of hydrogen-bond acceptors (Lipinski definition) is 6. The van der Waals surface area contributed by atoms with Crippen molar-refractivity contribution in [2.24, 2.45) is 5.92 Å². The topological polar surface area (TPSA) is 72.9 Å². The van der Waals surface area contributed by atoms with Gasteiger partial charge in [0, 0.05) is 18.7 Å². The van der Waals surface area contributed by atoms with Gasteiger partial charge in [0.05, 0.1) is 11.7 Å². The minimum atomic E-state index is -3.70. The number of nitrogens with one attached hydrogen (secondary N) is 1. The van der Waals surface area contributed by atoms with Gasteiger partial charge in [-0.05, 0) is 67.9 Å². The lowest BCUT2D eigenvalue weighted by Crippen LogP contribution is -2.42. The van der Waals surface area contributed by atoms with Crippen molar-refractivity contribution in [3.05, 3.63) is 84.2 Å². The highest BCUT2D eigenvalue weighted by atomic mass is 19.3. The van der Waals surface area contributed by atoms with Crippen LogP contribution in [0.25, 0.3) is 0 Å². The number of aromatic nitrogens is 1. The maximum absolute atomic E-state index is 13.5. The lowest BCUT2D eigenvalue weighted by Gasteiger charge is -2.32. The van der Waals surface area contributed by atoms with Crippen LogP contribution in [0.15, 0.2) is 72.9 Å². The molecule has 0 unspecified atom stereocenters. The van der Waals surface area contributed by atoms with Crippen molar-refractivity contribution in [1.82, 2.24) is 15.2 Å². The number of rotatable bonds is 8. The van der Waals surface area contributed by atoms with Crippen LogP contribution >= 0.6 is 0 Å². The first-order chi connectivity index (χ1) is 17.5. The molecular formula is C27H27F2N3O4. The van der Waals surface area contributed by atoms with E-state index in [0.717, 1.165) is 38.2 Å². The number of ether oxygens (including phenoxy) is 3. The molecule has 0 aliphatic carbocycles. The highest BCUT2D eigenvalue weighted by Gasteiger charge is 2.43. The van der Waals surface area contributed by atoms with Crippen LogP contribution in [0.1, 0.15) is 30.1 Å². The summed E-state index contributed by atoms with van der Waals surface area (Å²) in [7, 11) is 0. The zero-order valence-electron chi connectivity index (χ0n) is 19.6. The summed E-state index contributed by atoms with van der Waals surface area (Å²) in [6.45, 7) is 2.97. The van der Waals surface area contributed by atoms with Crippen LogP contribution in [0, 0.1) is 5.92 Å². The van der Waals surface area contributed by atoms with Gasteiger partial charge in [-0.2, -0.15) is 0 Å². The summed E-state index contributed by atoms with van der Waals surface area (Å²) in [5.41, 5.74) is 1.18. The fourth-order valence-corrected chi connectivity index (χ4v) is 4.51. The van der Waals surface area contributed by atoms with Crippen LogP contribution in [0.5, 0.6) is 17.2 Å². The number of pyridine rings is 1. The quantitative estimate of drug-likeness (QED) is 0.500. The number of nitrogens with zero attached hydrogens (tertiary/aromatic N) is 2. The van der Waals surface area contributed by atoms with Crippen molar-refractivity contribution in [3.63, 3.8) is 0 Å². The molecule has 3 heterocycles. The van der Waals surface area contributed by atoms with Crippen LogP contribution < -0.4 is 19.5 Å². The van der Waals surface area contributed by atoms with Gasteiger partial charge in [0.15, 0.2) is 11.5 Å². The lowest BCUT2D eigenvalue weighted by atomic mass is 9.94. The van der Waals surface area contributed by atoms with Gasteiger partial charge in [0.2, 0.25) is 5.91 Å². The molecule has 0 radical (unpaired) electrons. The van der Waals surface area contributed by atoms with Gasteiger partial charge in [0.25, 0.3) is 0 Å². The standard InChI is InChI=1S/C27H27F2N3O4/c28-27(29)35-23-10-9-20(18-24(23)36-27)25(22-8-4-5-13-30-22)31-26(33)19-11-14-32(15-12-19)16-17-34-21-6-2-1-3-7-21/h1-10,13,18-19,25H,11-12,14-17H2,(H,31,33)/t25-/m1/s1. The Morgan fingerprint density at radius 2 is 1.81 bits per heavy atom. The number of likely N-dealkylation sites (tertiary alicyclic amines) is 1. The third-order valence-electron chi connectivity index (χ3n) is 6.41. The van der Waals surface area contributed by atoms with Crippen molar-refractivity contribution in [2.45, 2.75) is 25.2 Å². The number of carbonyl (C=O) groups excluding carboxylic acids is 1. The highest BCUT2D eigenvalue weighted by molar-refractivity contribution is 5.79. The fourth-order valence-electron chi connectivity index (χ4n) is 4.51. The molecule has 2 aliphatic rings. The molecule has 0 bridgehead atoms. The third-order valence-corrected chi connectivity index (χ3v) is 6.41. The molecule has 1 amide bonds. The van der Waals surface area contributed by atoms with Crippen LogP contribution in [0.4, 0.5) is 8.78 Å². The summed E-state index contributed by atoms with van der Waals surface area (Å²) in [5.74, 6) is 0.492. The van der Waals surface area contributed by atoms with Crippen molar-refractivity contribution in [1.29, 1.82) is 0 Å². The van der Waals surface area contributed by atoms with E-state index in [-0.39, 0.29) is 23.3 Å². The smallest absolute Gasteiger partial charge is 0.492 e. The molecule has 1 aromatic heterocycles. The molecular weight excluding hydrogens is 468 g/mol. The molecule has 2 aliphatic heterocycles. The molecule has 1 saturated heterocycles. The maximum Gasteiger partial charge on any atom is 0.586 e. The molecule has 2 aromatic carbocycles. The van der Waals surface area contributed by atoms with Crippen LogP contribution in [0.3, 0.4) is 0 Å². The number of para-hydroxylation sites is 1. The third kappa shape index (κ3) is 5.73. The minimum Gasteiger partial charge on any atom is -0.492 e. The molecule has 1 N–H and O–H groups in total. The number of piperidine rings is 1. The molecule has 36 heavy (non-hydrogen) atoms. The fraction of sp³-hybridized carbons (Fsp3) is 0.333. The highest BCUT2D eigenvalue weighted by Crippen LogP contribution is 2.42. The molecule has 1 fully saturated rings. The number of fused-ring (bicyclic) bond motifs is 1. The van der Waals surface area contributed by atoms with Crippen molar-refractivity contribution >= 4 is 5.91 Å². The van der Waals surface area contributed by atoms with Crippen LogP contribution in [-0.4, -0.2) is 48.3 Å². The summed E-state index contributed by atoms with van der Waals surface area (Å²) < 4.78 is 41.9. The van der Waals surface area contributed by atoms with Crippen molar-refractivity contribution in [3.8, 4) is 17.2 Å². The van der Waals surface area contributed by atoms with Crippen LogP contribution in [-0.2, 0) is 4.79 Å².